The quantitative estimate of drug-likeness (QED) is 0.563. The Kier molecular flexibility index (Phi) is 4.15. The van der Waals surface area contributed by atoms with Gasteiger partial charge in [0.25, 0.3) is 0 Å². The summed E-state index contributed by atoms with van der Waals surface area (Å²) in [4.78, 5) is 0. The van der Waals surface area contributed by atoms with E-state index in [4.69, 9.17) is 5.11 Å². The Bertz CT molecular complexity index is 360. The lowest BCUT2D eigenvalue weighted by molar-refractivity contribution is 0.290. The fourth-order valence-electron chi connectivity index (χ4n) is 1.09. The Morgan fingerprint density at radius 2 is 2.21 bits per heavy atom. The van der Waals surface area contributed by atoms with Gasteiger partial charge >= 0.3 is 0 Å². The largest absolute Gasteiger partial charge is 0.396 e. The van der Waals surface area contributed by atoms with Crippen molar-refractivity contribution in [2.24, 2.45) is 0 Å². The Morgan fingerprint density at radius 1 is 1.43 bits per heavy atom. The van der Waals surface area contributed by atoms with Gasteiger partial charge in [0.15, 0.2) is 0 Å². The fourth-order valence-corrected chi connectivity index (χ4v) is 1.09. The number of aryl methyl sites for hydroxylation is 1. The number of hydrogen-bond donors (Lipinski definition) is 1. The van der Waals surface area contributed by atoms with E-state index >= 15 is 0 Å². The average Bonchev–Trinajstić information content (AvgIpc) is 2.15. The van der Waals surface area contributed by atoms with Crippen LogP contribution in [0.4, 0.5) is 4.39 Å². The van der Waals surface area contributed by atoms with Crippen LogP contribution < -0.4 is 0 Å². The highest BCUT2D eigenvalue weighted by molar-refractivity contribution is 5.40. The van der Waals surface area contributed by atoms with Crippen LogP contribution in [0.5, 0.6) is 0 Å². The fraction of sp³-hybridized carbons (Fsp3) is 0.333. The van der Waals surface area contributed by atoms with Crippen LogP contribution in [0, 0.1) is 24.6 Å². The van der Waals surface area contributed by atoms with Gasteiger partial charge in [0.1, 0.15) is 5.82 Å². The highest BCUT2D eigenvalue weighted by Crippen LogP contribution is 2.08. The van der Waals surface area contributed by atoms with E-state index in [-0.39, 0.29) is 12.4 Å². The number of unbranched alkanes of at least 4 members (excludes halogenated alkanes) is 1. The Morgan fingerprint density at radius 3 is 2.86 bits per heavy atom. The van der Waals surface area contributed by atoms with Crippen molar-refractivity contribution in [1.29, 1.82) is 0 Å². The number of benzene rings is 1. The van der Waals surface area contributed by atoms with Crippen LogP contribution in [0.15, 0.2) is 18.2 Å². The van der Waals surface area contributed by atoms with Crippen LogP contribution in [0.2, 0.25) is 0 Å². The molecule has 1 aromatic carbocycles. The molecule has 2 heteroatoms. The van der Waals surface area contributed by atoms with Crippen LogP contribution in [0.25, 0.3) is 0 Å². The van der Waals surface area contributed by atoms with Crippen molar-refractivity contribution in [2.75, 3.05) is 6.61 Å². The van der Waals surface area contributed by atoms with E-state index in [1.807, 2.05) is 6.92 Å². The normalized spacial score (nSPS) is 9.36. The Hall–Kier alpha value is -1.33. The SMILES string of the molecule is Cc1cc(F)ccc1C#CCCCO. The van der Waals surface area contributed by atoms with Crippen molar-refractivity contribution in [1.82, 2.24) is 0 Å². The van der Waals surface area contributed by atoms with Gasteiger partial charge in [-0.15, -0.1) is 0 Å². The summed E-state index contributed by atoms with van der Waals surface area (Å²) >= 11 is 0. The van der Waals surface area contributed by atoms with E-state index in [2.05, 4.69) is 11.8 Å². The summed E-state index contributed by atoms with van der Waals surface area (Å²) in [6.07, 6.45) is 1.36. The molecule has 0 bridgehead atoms. The first kappa shape index (κ1) is 10.7. The Labute approximate surface area is 83.6 Å². The molecule has 1 rings (SSSR count). The molecular formula is C12H13FO. The van der Waals surface area contributed by atoms with Crippen molar-refractivity contribution in [2.45, 2.75) is 19.8 Å². The van der Waals surface area contributed by atoms with E-state index in [9.17, 15) is 4.39 Å². The molecular weight excluding hydrogens is 179 g/mol. The third kappa shape index (κ3) is 3.20. The minimum absolute atomic E-state index is 0.164. The number of rotatable bonds is 2. The minimum Gasteiger partial charge on any atom is -0.396 e. The van der Waals surface area contributed by atoms with E-state index in [0.717, 1.165) is 11.1 Å². The highest BCUT2D eigenvalue weighted by atomic mass is 19.1. The standard InChI is InChI=1S/C12H13FO/c1-10-9-12(13)7-6-11(10)5-3-2-4-8-14/h6-7,9,14H,2,4,8H2,1H3. The van der Waals surface area contributed by atoms with Gasteiger partial charge < -0.3 is 5.11 Å². The molecule has 0 heterocycles. The number of hydrogen-bond acceptors (Lipinski definition) is 1. The molecule has 0 unspecified atom stereocenters. The molecule has 0 aromatic heterocycles. The average molecular weight is 192 g/mol. The number of aliphatic hydroxyl groups is 1. The van der Waals surface area contributed by atoms with Crippen LogP contribution in [0.3, 0.4) is 0 Å². The molecule has 74 valence electrons. The maximum absolute atomic E-state index is 12.7. The second-order valence-corrected chi connectivity index (χ2v) is 3.09. The molecule has 1 aromatic rings. The maximum atomic E-state index is 12.7. The van der Waals surface area contributed by atoms with Crippen LogP contribution in [0.1, 0.15) is 24.0 Å². The molecule has 0 atom stereocenters. The molecule has 0 spiro atoms. The molecule has 0 amide bonds. The van der Waals surface area contributed by atoms with Crippen molar-refractivity contribution in [3.63, 3.8) is 0 Å². The summed E-state index contributed by atoms with van der Waals surface area (Å²) in [5.41, 5.74) is 1.70. The lowest BCUT2D eigenvalue weighted by Gasteiger charge is -1.96. The number of halogens is 1. The summed E-state index contributed by atoms with van der Waals surface area (Å²) in [5, 5.41) is 8.54. The van der Waals surface area contributed by atoms with Crippen LogP contribution >= 0.6 is 0 Å². The highest BCUT2D eigenvalue weighted by Gasteiger charge is 1.95. The van der Waals surface area contributed by atoms with E-state index in [1.54, 1.807) is 6.07 Å². The topological polar surface area (TPSA) is 20.2 Å². The maximum Gasteiger partial charge on any atom is 0.123 e. The minimum atomic E-state index is -0.233. The molecule has 1 nitrogen and oxygen atoms in total. The lowest BCUT2D eigenvalue weighted by Crippen LogP contribution is -1.84. The molecule has 0 saturated carbocycles. The van der Waals surface area contributed by atoms with E-state index in [1.165, 1.54) is 12.1 Å². The van der Waals surface area contributed by atoms with Gasteiger partial charge in [-0.1, -0.05) is 11.8 Å². The van der Waals surface area contributed by atoms with Crippen molar-refractivity contribution in [3.05, 3.63) is 35.1 Å². The second-order valence-electron chi connectivity index (χ2n) is 3.09. The zero-order valence-electron chi connectivity index (χ0n) is 8.18. The first-order chi connectivity index (χ1) is 6.74. The van der Waals surface area contributed by atoms with Gasteiger partial charge in [0.2, 0.25) is 0 Å². The molecule has 0 aliphatic rings. The Balaban J connectivity index is 2.70. The van der Waals surface area contributed by atoms with Gasteiger partial charge in [-0.05, 0) is 37.1 Å². The zero-order chi connectivity index (χ0) is 10.4. The van der Waals surface area contributed by atoms with Crippen LogP contribution in [-0.2, 0) is 0 Å². The number of aliphatic hydroxyl groups excluding tert-OH is 1. The van der Waals surface area contributed by atoms with E-state index in [0.29, 0.717) is 12.8 Å². The first-order valence-electron chi connectivity index (χ1n) is 4.60. The first-order valence-corrected chi connectivity index (χ1v) is 4.60. The van der Waals surface area contributed by atoms with E-state index < -0.39 is 0 Å². The van der Waals surface area contributed by atoms with Gasteiger partial charge in [-0.25, -0.2) is 4.39 Å². The lowest BCUT2D eigenvalue weighted by atomic mass is 10.1. The summed E-state index contributed by atoms with van der Waals surface area (Å²) in [6, 6.07) is 4.55. The summed E-state index contributed by atoms with van der Waals surface area (Å²) in [6.45, 7) is 2.00. The predicted octanol–water partition coefficient (Wildman–Crippen LogP) is 2.26. The van der Waals surface area contributed by atoms with Gasteiger partial charge in [0, 0.05) is 18.6 Å². The van der Waals surface area contributed by atoms with Crippen molar-refractivity contribution >= 4 is 0 Å². The molecule has 14 heavy (non-hydrogen) atoms. The molecule has 0 aliphatic carbocycles. The summed E-state index contributed by atoms with van der Waals surface area (Å²) in [7, 11) is 0. The van der Waals surface area contributed by atoms with Gasteiger partial charge in [0.05, 0.1) is 0 Å². The molecule has 0 radical (unpaired) electrons. The third-order valence-corrected chi connectivity index (χ3v) is 1.87. The predicted molar refractivity (Wildman–Crippen MR) is 54.3 cm³/mol. The molecule has 1 N–H and O–H groups in total. The zero-order valence-corrected chi connectivity index (χ0v) is 8.18. The molecule has 0 saturated heterocycles. The smallest absolute Gasteiger partial charge is 0.123 e. The summed E-state index contributed by atoms with van der Waals surface area (Å²) < 4.78 is 12.7. The van der Waals surface area contributed by atoms with Crippen LogP contribution in [-0.4, -0.2) is 11.7 Å². The van der Waals surface area contributed by atoms with Crippen molar-refractivity contribution < 1.29 is 9.50 Å². The molecule has 0 aliphatic heterocycles. The monoisotopic (exact) mass is 192 g/mol. The third-order valence-electron chi connectivity index (χ3n) is 1.87. The van der Waals surface area contributed by atoms with Crippen molar-refractivity contribution in [3.8, 4) is 11.8 Å². The van der Waals surface area contributed by atoms with Gasteiger partial charge in [-0.2, -0.15) is 0 Å². The molecule has 0 fully saturated rings. The second kappa shape index (κ2) is 5.41. The summed E-state index contributed by atoms with van der Waals surface area (Å²) in [5.74, 6) is 5.64. The van der Waals surface area contributed by atoms with Gasteiger partial charge in [-0.3, -0.25) is 0 Å².